The van der Waals surface area contributed by atoms with Crippen molar-refractivity contribution < 1.29 is 9.26 Å². The molecule has 0 spiro atoms. The van der Waals surface area contributed by atoms with E-state index in [1.165, 1.54) is 12.8 Å². The monoisotopic (exact) mass is 371 g/mol. The number of guanidine groups is 1. The summed E-state index contributed by atoms with van der Waals surface area (Å²) in [6.07, 6.45) is 6.48. The smallest absolute Gasteiger partial charge is 0.226 e. The van der Waals surface area contributed by atoms with Crippen molar-refractivity contribution in [3.05, 3.63) is 30.2 Å². The van der Waals surface area contributed by atoms with Gasteiger partial charge >= 0.3 is 0 Å². The van der Waals surface area contributed by atoms with E-state index in [-0.39, 0.29) is 0 Å². The maximum Gasteiger partial charge on any atom is 0.226 e. The van der Waals surface area contributed by atoms with E-state index in [9.17, 15) is 0 Å². The molecular weight excluding hydrogens is 342 g/mol. The molecule has 0 bridgehead atoms. The van der Waals surface area contributed by atoms with E-state index in [1.54, 1.807) is 7.11 Å². The van der Waals surface area contributed by atoms with Crippen molar-refractivity contribution in [1.29, 1.82) is 0 Å². The molecule has 1 aliphatic carbocycles. The summed E-state index contributed by atoms with van der Waals surface area (Å²) in [7, 11) is 1.65. The summed E-state index contributed by atoms with van der Waals surface area (Å²) in [5.41, 5.74) is 0.930. The van der Waals surface area contributed by atoms with E-state index in [1.807, 2.05) is 24.3 Å². The minimum Gasteiger partial charge on any atom is -0.497 e. The molecule has 1 fully saturated rings. The molecule has 0 unspecified atom stereocenters. The Balaban J connectivity index is 1.37. The number of unbranched alkanes of at least 4 members (excludes halogenated alkanes) is 2. The number of nitrogens with one attached hydrogen (secondary N) is 2. The van der Waals surface area contributed by atoms with Crippen molar-refractivity contribution in [1.82, 2.24) is 20.8 Å². The Hall–Kier alpha value is -2.57. The second-order valence-electron chi connectivity index (χ2n) is 6.73. The van der Waals surface area contributed by atoms with Crippen LogP contribution >= 0.6 is 0 Å². The molecule has 1 heterocycles. The number of hydrogen-bond donors (Lipinski definition) is 2. The fraction of sp³-hybridized carbons (Fsp3) is 0.550. The highest BCUT2D eigenvalue weighted by atomic mass is 16.5. The van der Waals surface area contributed by atoms with Crippen LogP contribution in [0.5, 0.6) is 5.75 Å². The normalized spacial score (nSPS) is 14.2. The summed E-state index contributed by atoms with van der Waals surface area (Å²) in [5, 5.41) is 10.8. The Kier molecular flexibility index (Phi) is 7.07. The van der Waals surface area contributed by atoms with Crippen molar-refractivity contribution in [3.8, 4) is 17.1 Å². The summed E-state index contributed by atoms with van der Waals surface area (Å²) in [5.74, 6) is 3.07. The molecular formula is C20H29N5O2. The molecule has 146 valence electrons. The molecule has 0 aliphatic heterocycles. The third-order valence-electron chi connectivity index (χ3n) is 4.40. The Labute approximate surface area is 160 Å². The Morgan fingerprint density at radius 2 is 2.04 bits per heavy atom. The van der Waals surface area contributed by atoms with Crippen molar-refractivity contribution >= 4 is 5.96 Å². The van der Waals surface area contributed by atoms with Crippen molar-refractivity contribution in [3.63, 3.8) is 0 Å². The molecule has 1 aromatic heterocycles. The minimum atomic E-state index is 0.624. The summed E-state index contributed by atoms with van der Waals surface area (Å²) in [6, 6.07) is 8.28. The second kappa shape index (κ2) is 9.94. The number of aryl methyl sites for hydroxylation is 1. The van der Waals surface area contributed by atoms with Gasteiger partial charge in [-0.15, -0.1) is 0 Å². The van der Waals surface area contributed by atoms with Gasteiger partial charge in [-0.05, 0) is 56.9 Å². The fourth-order valence-corrected chi connectivity index (χ4v) is 2.71. The number of aromatic nitrogens is 2. The first-order chi connectivity index (χ1) is 13.3. The second-order valence-corrected chi connectivity index (χ2v) is 6.73. The van der Waals surface area contributed by atoms with Crippen molar-refractivity contribution in [2.75, 3.05) is 20.2 Å². The molecule has 7 heteroatoms. The van der Waals surface area contributed by atoms with Gasteiger partial charge in [0.25, 0.3) is 0 Å². The van der Waals surface area contributed by atoms with E-state index < -0.39 is 0 Å². The average Bonchev–Trinajstić information content (AvgIpc) is 3.39. The number of ether oxygens (including phenoxy) is 1. The molecule has 1 aliphatic rings. The van der Waals surface area contributed by atoms with Gasteiger partial charge < -0.3 is 19.9 Å². The van der Waals surface area contributed by atoms with Gasteiger partial charge in [0.15, 0.2) is 5.96 Å². The van der Waals surface area contributed by atoms with Crippen LogP contribution in [0.3, 0.4) is 0 Å². The molecule has 2 N–H and O–H groups in total. The van der Waals surface area contributed by atoms with Crippen molar-refractivity contribution in [2.45, 2.75) is 51.5 Å². The van der Waals surface area contributed by atoms with Crippen LogP contribution in [0.15, 0.2) is 33.8 Å². The van der Waals surface area contributed by atoms with Gasteiger partial charge in [0, 0.05) is 31.1 Å². The predicted molar refractivity (Wildman–Crippen MR) is 106 cm³/mol. The average molecular weight is 371 g/mol. The first-order valence-corrected chi connectivity index (χ1v) is 9.80. The molecule has 0 amide bonds. The van der Waals surface area contributed by atoms with Gasteiger partial charge in [0.05, 0.1) is 7.11 Å². The number of aliphatic imine (C=N–C) groups is 1. The Morgan fingerprint density at radius 3 is 2.74 bits per heavy atom. The van der Waals surface area contributed by atoms with Crippen LogP contribution < -0.4 is 15.4 Å². The van der Waals surface area contributed by atoms with Crippen LogP contribution in [-0.4, -0.2) is 42.3 Å². The summed E-state index contributed by atoms with van der Waals surface area (Å²) >= 11 is 0. The van der Waals surface area contributed by atoms with Gasteiger partial charge in [0.2, 0.25) is 11.7 Å². The SMILES string of the molecule is CCNC(=NCCCCCc1nc(-c2ccc(OC)cc2)no1)NC1CC1. The van der Waals surface area contributed by atoms with Gasteiger partial charge in [-0.2, -0.15) is 4.98 Å². The highest BCUT2D eigenvalue weighted by Crippen LogP contribution is 2.20. The molecule has 0 radical (unpaired) electrons. The van der Waals surface area contributed by atoms with Crippen LogP contribution in [0.25, 0.3) is 11.4 Å². The van der Waals surface area contributed by atoms with Gasteiger partial charge in [0.1, 0.15) is 5.75 Å². The maximum atomic E-state index is 5.36. The molecule has 3 rings (SSSR count). The third kappa shape index (κ3) is 6.27. The number of hydrogen-bond acceptors (Lipinski definition) is 5. The lowest BCUT2D eigenvalue weighted by atomic mass is 10.2. The van der Waals surface area contributed by atoms with Crippen LogP contribution in [0.2, 0.25) is 0 Å². The van der Waals surface area contributed by atoms with Crippen LogP contribution in [-0.2, 0) is 6.42 Å². The lowest BCUT2D eigenvalue weighted by Crippen LogP contribution is -2.38. The van der Waals surface area contributed by atoms with Crippen molar-refractivity contribution in [2.24, 2.45) is 4.99 Å². The zero-order valence-electron chi connectivity index (χ0n) is 16.2. The van der Waals surface area contributed by atoms with E-state index in [0.717, 1.165) is 56.0 Å². The number of nitrogens with zero attached hydrogens (tertiary/aromatic N) is 3. The van der Waals surface area contributed by atoms with E-state index >= 15 is 0 Å². The van der Waals surface area contributed by atoms with Gasteiger partial charge in [-0.3, -0.25) is 4.99 Å². The van der Waals surface area contributed by atoms with Crippen LogP contribution in [0, 0.1) is 0 Å². The molecule has 0 atom stereocenters. The van der Waals surface area contributed by atoms with E-state index in [0.29, 0.717) is 17.8 Å². The quantitative estimate of drug-likeness (QED) is 0.379. The molecule has 1 saturated carbocycles. The summed E-state index contributed by atoms with van der Waals surface area (Å²) < 4.78 is 10.5. The maximum absolute atomic E-state index is 5.36. The Bertz CT molecular complexity index is 722. The van der Waals surface area contributed by atoms with E-state index in [4.69, 9.17) is 9.26 Å². The number of benzene rings is 1. The highest BCUT2D eigenvalue weighted by Gasteiger charge is 2.21. The summed E-state index contributed by atoms with van der Waals surface area (Å²) in [4.78, 5) is 9.11. The lowest BCUT2D eigenvalue weighted by Gasteiger charge is -2.09. The third-order valence-corrected chi connectivity index (χ3v) is 4.40. The highest BCUT2D eigenvalue weighted by molar-refractivity contribution is 5.80. The molecule has 1 aromatic carbocycles. The summed E-state index contributed by atoms with van der Waals surface area (Å²) in [6.45, 7) is 3.82. The van der Waals surface area contributed by atoms with Crippen LogP contribution in [0.1, 0.15) is 44.9 Å². The number of methoxy groups -OCH3 is 1. The standard InChI is InChI=1S/C20H29N5O2/c1-3-21-20(23-16-10-11-16)22-14-6-4-5-7-18-24-19(25-27-18)15-8-12-17(26-2)13-9-15/h8-9,12-13,16H,3-7,10-11,14H2,1-2H3,(H2,21,22,23). The fourth-order valence-electron chi connectivity index (χ4n) is 2.71. The molecule has 7 nitrogen and oxygen atoms in total. The van der Waals surface area contributed by atoms with E-state index in [2.05, 4.69) is 32.7 Å². The predicted octanol–water partition coefficient (Wildman–Crippen LogP) is 3.18. The molecule has 27 heavy (non-hydrogen) atoms. The Morgan fingerprint density at radius 1 is 1.22 bits per heavy atom. The first-order valence-electron chi connectivity index (χ1n) is 9.80. The lowest BCUT2D eigenvalue weighted by molar-refractivity contribution is 0.374. The minimum absolute atomic E-state index is 0.624. The van der Waals surface area contributed by atoms with Crippen LogP contribution in [0.4, 0.5) is 0 Å². The van der Waals surface area contributed by atoms with Gasteiger partial charge in [-0.25, -0.2) is 0 Å². The van der Waals surface area contributed by atoms with Gasteiger partial charge in [-0.1, -0.05) is 11.6 Å². The first kappa shape index (κ1) is 19.2. The zero-order valence-corrected chi connectivity index (χ0v) is 16.2. The number of rotatable bonds is 10. The molecule has 2 aromatic rings. The topological polar surface area (TPSA) is 84.6 Å². The molecule has 0 saturated heterocycles. The largest absolute Gasteiger partial charge is 0.497 e. The zero-order chi connectivity index (χ0) is 18.9.